The maximum Gasteiger partial charge on any atom is 0.519 e. The monoisotopic (exact) mass is 169 g/mol. The lowest BCUT2D eigenvalue weighted by Gasteiger charge is -1.93. The molecule has 1 radical (unpaired) electrons. The third kappa shape index (κ3) is 2.95. The highest BCUT2D eigenvalue weighted by molar-refractivity contribution is 4.82. The Balaban J connectivity index is 2.20. The molecule has 67 valence electrons. The summed E-state index contributed by atoms with van der Waals surface area (Å²) in [7, 11) is 0. The fourth-order valence-electron chi connectivity index (χ4n) is 1.06. The molecule has 0 unspecified atom stereocenters. The molecule has 0 aromatic carbocycles. The molecule has 0 fully saturated rings. The van der Waals surface area contributed by atoms with Gasteiger partial charge in [0.25, 0.3) is 0 Å². The first-order valence-corrected chi connectivity index (χ1v) is 4.33. The Morgan fingerprint density at radius 3 is 2.75 bits per heavy atom. The third-order valence-electron chi connectivity index (χ3n) is 1.71. The summed E-state index contributed by atoms with van der Waals surface area (Å²) < 4.78 is 9.06. The highest BCUT2D eigenvalue weighted by Crippen LogP contribution is 2.05. The van der Waals surface area contributed by atoms with Crippen molar-refractivity contribution in [1.29, 1.82) is 0 Å². The standard InChI is InChI=1S/C9H13O3/c1-2-3-4-5-6-8-7-11-9(10)12-8/h2-6H2,1H3. The Bertz CT molecular complexity index is 259. The van der Waals surface area contributed by atoms with Crippen molar-refractivity contribution in [2.45, 2.75) is 39.0 Å². The fraction of sp³-hybridized carbons (Fsp3) is 0.667. The van der Waals surface area contributed by atoms with Crippen LogP contribution >= 0.6 is 0 Å². The van der Waals surface area contributed by atoms with Crippen molar-refractivity contribution in [2.24, 2.45) is 0 Å². The highest BCUT2D eigenvalue weighted by atomic mass is 16.6. The first-order chi connectivity index (χ1) is 5.83. The van der Waals surface area contributed by atoms with Crippen molar-refractivity contribution in [3.8, 4) is 0 Å². The molecular weight excluding hydrogens is 156 g/mol. The molecule has 1 aromatic rings. The molecule has 0 saturated heterocycles. The van der Waals surface area contributed by atoms with Gasteiger partial charge in [-0.05, 0) is 6.42 Å². The molecule has 0 spiro atoms. The molecule has 0 aliphatic heterocycles. The number of hydrogen-bond acceptors (Lipinski definition) is 3. The van der Waals surface area contributed by atoms with E-state index in [1.54, 1.807) is 0 Å². The van der Waals surface area contributed by atoms with Crippen molar-refractivity contribution in [3.63, 3.8) is 0 Å². The van der Waals surface area contributed by atoms with E-state index in [0.29, 0.717) is 5.76 Å². The largest absolute Gasteiger partial charge is 0.519 e. The Kier molecular flexibility index (Phi) is 3.64. The van der Waals surface area contributed by atoms with E-state index >= 15 is 0 Å². The van der Waals surface area contributed by atoms with Crippen LogP contribution in [0.25, 0.3) is 0 Å². The molecule has 12 heavy (non-hydrogen) atoms. The quantitative estimate of drug-likeness (QED) is 0.634. The maximum absolute atomic E-state index is 10.4. The van der Waals surface area contributed by atoms with Gasteiger partial charge in [0.2, 0.25) is 6.26 Å². The van der Waals surface area contributed by atoms with Crippen molar-refractivity contribution in [2.75, 3.05) is 0 Å². The van der Waals surface area contributed by atoms with Gasteiger partial charge in [-0.2, -0.15) is 0 Å². The van der Waals surface area contributed by atoms with E-state index in [1.165, 1.54) is 19.3 Å². The zero-order valence-corrected chi connectivity index (χ0v) is 7.26. The normalized spacial score (nSPS) is 10.4. The van der Waals surface area contributed by atoms with E-state index in [2.05, 4.69) is 22.0 Å². The summed E-state index contributed by atoms with van der Waals surface area (Å²) in [5, 5.41) is 0. The summed E-state index contributed by atoms with van der Waals surface area (Å²) in [4.78, 5) is 10.4. The average Bonchev–Trinajstić information content (AvgIpc) is 2.45. The maximum atomic E-state index is 10.4. The van der Waals surface area contributed by atoms with E-state index in [9.17, 15) is 4.79 Å². The molecular formula is C9H13O3. The molecule has 0 aliphatic rings. The number of rotatable bonds is 5. The SMILES string of the molecule is CCCCCCc1[c]oc(=O)o1. The van der Waals surface area contributed by atoms with Gasteiger partial charge in [0.05, 0.1) is 0 Å². The molecule has 3 nitrogen and oxygen atoms in total. The van der Waals surface area contributed by atoms with Crippen molar-refractivity contribution >= 4 is 0 Å². The first kappa shape index (κ1) is 9.10. The fourth-order valence-corrected chi connectivity index (χ4v) is 1.06. The van der Waals surface area contributed by atoms with Crippen molar-refractivity contribution in [3.05, 3.63) is 22.6 Å². The Morgan fingerprint density at radius 2 is 2.17 bits per heavy atom. The predicted octanol–water partition coefficient (Wildman–Crippen LogP) is 2.16. The Morgan fingerprint density at radius 1 is 1.33 bits per heavy atom. The van der Waals surface area contributed by atoms with Gasteiger partial charge in [-0.15, -0.1) is 0 Å². The van der Waals surface area contributed by atoms with Crippen LogP contribution in [0.3, 0.4) is 0 Å². The molecule has 0 aliphatic carbocycles. The summed E-state index contributed by atoms with van der Waals surface area (Å²) in [6, 6.07) is 0. The predicted molar refractivity (Wildman–Crippen MR) is 43.9 cm³/mol. The van der Waals surface area contributed by atoms with Gasteiger partial charge in [-0.25, -0.2) is 4.79 Å². The molecule has 0 atom stereocenters. The second-order valence-corrected chi connectivity index (χ2v) is 2.79. The molecule has 0 bridgehead atoms. The molecule has 1 heterocycles. The van der Waals surface area contributed by atoms with Crippen LogP contribution in [0.5, 0.6) is 0 Å². The Hall–Kier alpha value is -0.990. The lowest BCUT2D eigenvalue weighted by atomic mass is 10.1. The lowest BCUT2D eigenvalue weighted by Crippen LogP contribution is -1.87. The van der Waals surface area contributed by atoms with Gasteiger partial charge < -0.3 is 8.83 Å². The molecule has 0 N–H and O–H groups in total. The van der Waals surface area contributed by atoms with Gasteiger partial charge in [0.1, 0.15) is 0 Å². The highest BCUT2D eigenvalue weighted by Gasteiger charge is 2.00. The van der Waals surface area contributed by atoms with E-state index in [0.717, 1.165) is 12.8 Å². The van der Waals surface area contributed by atoms with Gasteiger partial charge in [0, 0.05) is 6.42 Å². The van der Waals surface area contributed by atoms with Gasteiger partial charge in [0.15, 0.2) is 5.76 Å². The summed E-state index contributed by atoms with van der Waals surface area (Å²) in [6.07, 6.45) is 7.82. The average molecular weight is 169 g/mol. The van der Waals surface area contributed by atoms with Crippen LogP contribution < -0.4 is 5.82 Å². The minimum atomic E-state index is -0.652. The van der Waals surface area contributed by atoms with Crippen LogP contribution in [0.4, 0.5) is 0 Å². The number of unbranched alkanes of at least 4 members (excludes halogenated alkanes) is 3. The Labute approximate surface area is 71.4 Å². The van der Waals surface area contributed by atoms with Crippen LogP contribution in [-0.2, 0) is 6.42 Å². The van der Waals surface area contributed by atoms with Crippen LogP contribution in [0, 0.1) is 6.26 Å². The van der Waals surface area contributed by atoms with Crippen LogP contribution in [0.2, 0.25) is 0 Å². The molecule has 1 rings (SSSR count). The zero-order valence-electron chi connectivity index (χ0n) is 7.26. The first-order valence-electron chi connectivity index (χ1n) is 4.33. The summed E-state index contributed by atoms with van der Waals surface area (Å²) in [6.45, 7) is 2.16. The summed E-state index contributed by atoms with van der Waals surface area (Å²) in [5.74, 6) is -0.114. The van der Waals surface area contributed by atoms with E-state index in [4.69, 9.17) is 0 Å². The zero-order chi connectivity index (χ0) is 8.81. The minimum absolute atomic E-state index is 0.538. The smallest absolute Gasteiger partial charge is 0.395 e. The van der Waals surface area contributed by atoms with E-state index < -0.39 is 5.82 Å². The number of hydrogen-bond donors (Lipinski definition) is 0. The lowest BCUT2D eigenvalue weighted by molar-refractivity contribution is 0.370. The van der Waals surface area contributed by atoms with Gasteiger partial charge in [-0.3, -0.25) is 0 Å². The molecule has 0 amide bonds. The van der Waals surface area contributed by atoms with Crippen molar-refractivity contribution in [1.82, 2.24) is 0 Å². The van der Waals surface area contributed by atoms with Crippen molar-refractivity contribution < 1.29 is 8.83 Å². The van der Waals surface area contributed by atoms with E-state index in [-0.39, 0.29) is 0 Å². The molecule has 1 aromatic heterocycles. The van der Waals surface area contributed by atoms with Gasteiger partial charge >= 0.3 is 5.82 Å². The molecule has 3 heteroatoms. The second kappa shape index (κ2) is 4.80. The van der Waals surface area contributed by atoms with Crippen LogP contribution in [0.15, 0.2) is 13.6 Å². The second-order valence-electron chi connectivity index (χ2n) is 2.79. The van der Waals surface area contributed by atoms with E-state index in [1.807, 2.05) is 0 Å². The van der Waals surface area contributed by atoms with Crippen LogP contribution in [0.1, 0.15) is 38.4 Å². The summed E-state index contributed by atoms with van der Waals surface area (Å²) in [5.41, 5.74) is 0. The van der Waals surface area contributed by atoms with Crippen LogP contribution in [-0.4, -0.2) is 0 Å². The molecule has 0 saturated carbocycles. The van der Waals surface area contributed by atoms with Gasteiger partial charge in [-0.1, -0.05) is 26.2 Å². The topological polar surface area (TPSA) is 43.4 Å². The minimum Gasteiger partial charge on any atom is -0.395 e. The summed E-state index contributed by atoms with van der Waals surface area (Å²) >= 11 is 0. The third-order valence-corrected chi connectivity index (χ3v) is 1.71. The number of aryl methyl sites for hydroxylation is 1.